The van der Waals surface area contributed by atoms with Crippen molar-refractivity contribution in [2.45, 2.75) is 52.4 Å². The van der Waals surface area contributed by atoms with Gasteiger partial charge in [0.1, 0.15) is 0 Å². The van der Waals surface area contributed by atoms with E-state index in [0.717, 1.165) is 24.8 Å². The second-order valence-electron chi connectivity index (χ2n) is 5.90. The molecule has 0 radical (unpaired) electrons. The van der Waals surface area contributed by atoms with E-state index >= 15 is 0 Å². The van der Waals surface area contributed by atoms with E-state index in [9.17, 15) is 4.79 Å². The number of aryl methyl sites for hydroxylation is 2. The SMILES string of the molecule is Cc1ccc(C)c2c1CC1(CCCCC1)C2=O. The molecule has 2 aliphatic carbocycles. The van der Waals surface area contributed by atoms with E-state index in [0.29, 0.717) is 5.78 Å². The number of carbonyl (C=O) groups excluding carboxylic acids is 1. The van der Waals surface area contributed by atoms with Crippen LogP contribution in [0.15, 0.2) is 12.1 Å². The second-order valence-corrected chi connectivity index (χ2v) is 5.90. The lowest BCUT2D eigenvalue weighted by Crippen LogP contribution is -2.30. The zero-order chi connectivity index (χ0) is 12.0. The topological polar surface area (TPSA) is 17.1 Å². The highest BCUT2D eigenvalue weighted by Crippen LogP contribution is 2.48. The Labute approximate surface area is 103 Å². The monoisotopic (exact) mass is 228 g/mol. The molecule has 1 aromatic rings. The predicted octanol–water partition coefficient (Wildman–Crippen LogP) is 3.99. The Morgan fingerprint density at radius 3 is 2.29 bits per heavy atom. The number of Topliss-reactive ketones (excluding diaryl/α,β-unsaturated/α-hetero) is 1. The largest absolute Gasteiger partial charge is 0.294 e. The average Bonchev–Trinajstić information content (AvgIpc) is 2.61. The van der Waals surface area contributed by atoms with Crippen LogP contribution in [0.2, 0.25) is 0 Å². The smallest absolute Gasteiger partial charge is 0.169 e. The van der Waals surface area contributed by atoms with Gasteiger partial charge in [-0.05, 0) is 49.8 Å². The van der Waals surface area contributed by atoms with Gasteiger partial charge in [-0.2, -0.15) is 0 Å². The van der Waals surface area contributed by atoms with E-state index in [-0.39, 0.29) is 5.41 Å². The maximum absolute atomic E-state index is 12.7. The summed E-state index contributed by atoms with van der Waals surface area (Å²) >= 11 is 0. The zero-order valence-corrected chi connectivity index (χ0v) is 10.8. The van der Waals surface area contributed by atoms with Crippen molar-refractivity contribution in [3.8, 4) is 0 Å². The van der Waals surface area contributed by atoms with E-state index in [4.69, 9.17) is 0 Å². The highest BCUT2D eigenvalue weighted by molar-refractivity contribution is 6.06. The molecule has 0 heterocycles. The number of ketones is 1. The summed E-state index contributed by atoms with van der Waals surface area (Å²) < 4.78 is 0. The van der Waals surface area contributed by atoms with Gasteiger partial charge < -0.3 is 0 Å². The summed E-state index contributed by atoms with van der Waals surface area (Å²) in [4.78, 5) is 12.7. The maximum Gasteiger partial charge on any atom is 0.169 e. The van der Waals surface area contributed by atoms with Crippen LogP contribution in [-0.4, -0.2) is 5.78 Å². The molecule has 0 atom stereocenters. The predicted molar refractivity (Wildman–Crippen MR) is 69.5 cm³/mol. The van der Waals surface area contributed by atoms with Crippen molar-refractivity contribution < 1.29 is 4.79 Å². The van der Waals surface area contributed by atoms with Gasteiger partial charge in [0.25, 0.3) is 0 Å². The summed E-state index contributed by atoms with van der Waals surface area (Å²) in [5, 5.41) is 0. The lowest BCUT2D eigenvalue weighted by Gasteiger charge is -2.31. The molecule has 1 fully saturated rings. The molecule has 1 nitrogen and oxygen atoms in total. The summed E-state index contributed by atoms with van der Waals surface area (Å²) in [6.45, 7) is 4.23. The van der Waals surface area contributed by atoms with Gasteiger partial charge in [0.2, 0.25) is 0 Å². The van der Waals surface area contributed by atoms with Gasteiger partial charge in [-0.15, -0.1) is 0 Å². The molecule has 3 rings (SSSR count). The number of rotatable bonds is 0. The van der Waals surface area contributed by atoms with Crippen molar-refractivity contribution in [2.75, 3.05) is 0 Å². The van der Waals surface area contributed by atoms with Gasteiger partial charge in [-0.3, -0.25) is 4.79 Å². The third kappa shape index (κ3) is 1.48. The Morgan fingerprint density at radius 1 is 1.00 bits per heavy atom. The van der Waals surface area contributed by atoms with E-state index < -0.39 is 0 Å². The fourth-order valence-electron chi connectivity index (χ4n) is 3.73. The Kier molecular flexibility index (Phi) is 2.39. The summed E-state index contributed by atoms with van der Waals surface area (Å²) in [7, 11) is 0. The Balaban J connectivity index is 2.10. The van der Waals surface area contributed by atoms with Crippen LogP contribution < -0.4 is 0 Å². The van der Waals surface area contributed by atoms with Gasteiger partial charge >= 0.3 is 0 Å². The lowest BCUT2D eigenvalue weighted by molar-refractivity contribution is 0.0747. The summed E-state index contributed by atoms with van der Waals surface area (Å²) in [5.41, 5.74) is 4.88. The number of fused-ring (bicyclic) bond motifs is 1. The Bertz CT molecular complexity index is 479. The summed E-state index contributed by atoms with van der Waals surface area (Å²) in [6.07, 6.45) is 7.01. The molecule has 0 bridgehead atoms. The normalized spacial score (nSPS) is 21.9. The van der Waals surface area contributed by atoms with Crippen molar-refractivity contribution in [3.05, 3.63) is 34.4 Å². The van der Waals surface area contributed by atoms with Crippen molar-refractivity contribution in [2.24, 2.45) is 5.41 Å². The molecule has 1 saturated carbocycles. The number of benzene rings is 1. The van der Waals surface area contributed by atoms with Crippen molar-refractivity contribution in [1.82, 2.24) is 0 Å². The maximum atomic E-state index is 12.7. The molecule has 0 amide bonds. The van der Waals surface area contributed by atoms with E-state index in [2.05, 4.69) is 26.0 Å². The Morgan fingerprint density at radius 2 is 1.65 bits per heavy atom. The van der Waals surface area contributed by atoms with Crippen LogP contribution in [0.25, 0.3) is 0 Å². The molecule has 2 aliphatic rings. The third-order valence-electron chi connectivity index (χ3n) is 4.79. The number of carbonyl (C=O) groups is 1. The molecule has 90 valence electrons. The standard InChI is InChI=1S/C16H20O/c1-11-6-7-12(2)14-13(11)10-16(15(14)17)8-4-3-5-9-16/h6-7H,3-5,8-10H2,1-2H3. The van der Waals surface area contributed by atoms with Crippen LogP contribution in [0, 0.1) is 19.3 Å². The minimum Gasteiger partial charge on any atom is -0.294 e. The fourth-order valence-corrected chi connectivity index (χ4v) is 3.73. The third-order valence-corrected chi connectivity index (χ3v) is 4.79. The lowest BCUT2D eigenvalue weighted by atomic mass is 9.71. The van der Waals surface area contributed by atoms with Crippen LogP contribution in [0.4, 0.5) is 0 Å². The first-order valence-corrected chi connectivity index (χ1v) is 6.78. The van der Waals surface area contributed by atoms with E-state index in [1.807, 2.05) is 0 Å². The van der Waals surface area contributed by atoms with E-state index in [1.165, 1.54) is 36.0 Å². The van der Waals surface area contributed by atoms with E-state index in [1.54, 1.807) is 0 Å². The molecule has 1 aromatic carbocycles. The molecule has 0 aromatic heterocycles. The minimum absolute atomic E-state index is 0.0164. The molecule has 1 heteroatoms. The first-order chi connectivity index (χ1) is 8.14. The van der Waals surface area contributed by atoms with Gasteiger partial charge in [0.15, 0.2) is 5.78 Å². The highest BCUT2D eigenvalue weighted by atomic mass is 16.1. The quantitative estimate of drug-likeness (QED) is 0.656. The zero-order valence-electron chi connectivity index (χ0n) is 10.8. The van der Waals surface area contributed by atoms with Crippen LogP contribution >= 0.6 is 0 Å². The van der Waals surface area contributed by atoms with Crippen molar-refractivity contribution >= 4 is 5.78 Å². The summed E-state index contributed by atoms with van der Waals surface area (Å²) in [5.74, 6) is 0.452. The van der Waals surface area contributed by atoms with Gasteiger partial charge in [-0.25, -0.2) is 0 Å². The van der Waals surface area contributed by atoms with Gasteiger partial charge in [-0.1, -0.05) is 31.4 Å². The number of hydrogen-bond acceptors (Lipinski definition) is 1. The highest BCUT2D eigenvalue weighted by Gasteiger charge is 2.46. The van der Waals surface area contributed by atoms with Crippen LogP contribution in [0.1, 0.15) is 59.2 Å². The molecular formula is C16H20O. The second kappa shape index (κ2) is 3.69. The minimum atomic E-state index is -0.0164. The van der Waals surface area contributed by atoms with Gasteiger partial charge in [0.05, 0.1) is 0 Å². The first-order valence-electron chi connectivity index (χ1n) is 6.78. The van der Waals surface area contributed by atoms with Crippen molar-refractivity contribution in [1.29, 1.82) is 0 Å². The molecule has 0 aliphatic heterocycles. The fraction of sp³-hybridized carbons (Fsp3) is 0.562. The van der Waals surface area contributed by atoms with Crippen LogP contribution in [0.5, 0.6) is 0 Å². The molecular weight excluding hydrogens is 208 g/mol. The van der Waals surface area contributed by atoms with Gasteiger partial charge in [0, 0.05) is 11.0 Å². The molecule has 0 saturated heterocycles. The molecule has 17 heavy (non-hydrogen) atoms. The average molecular weight is 228 g/mol. The molecule has 0 N–H and O–H groups in total. The first kappa shape index (κ1) is 11.0. The summed E-state index contributed by atoms with van der Waals surface area (Å²) in [6, 6.07) is 4.28. The van der Waals surface area contributed by atoms with Crippen molar-refractivity contribution in [3.63, 3.8) is 0 Å². The van der Waals surface area contributed by atoms with Crippen LogP contribution in [0.3, 0.4) is 0 Å². The van der Waals surface area contributed by atoms with Crippen LogP contribution in [-0.2, 0) is 6.42 Å². The Hall–Kier alpha value is -1.11. The number of hydrogen-bond donors (Lipinski definition) is 0. The molecule has 1 spiro atoms. The molecule has 0 unspecified atom stereocenters.